The van der Waals surface area contributed by atoms with Crippen molar-refractivity contribution < 1.29 is 9.53 Å². The maximum Gasteiger partial charge on any atom is 0.410 e. The Labute approximate surface area is 117 Å². The van der Waals surface area contributed by atoms with Crippen molar-refractivity contribution >= 4 is 6.09 Å². The lowest BCUT2D eigenvalue weighted by Crippen LogP contribution is -2.48. The van der Waals surface area contributed by atoms with Crippen LogP contribution < -0.4 is 5.73 Å². The first-order valence-corrected chi connectivity index (χ1v) is 7.21. The van der Waals surface area contributed by atoms with Crippen LogP contribution >= 0.6 is 0 Å². The van der Waals surface area contributed by atoms with Crippen LogP contribution in [-0.4, -0.2) is 60.8 Å². The van der Waals surface area contributed by atoms with Crippen molar-refractivity contribution in [1.82, 2.24) is 9.80 Å². The Morgan fingerprint density at radius 3 is 2.42 bits per heavy atom. The van der Waals surface area contributed by atoms with Crippen molar-refractivity contribution in [3.05, 3.63) is 0 Å². The van der Waals surface area contributed by atoms with E-state index in [0.717, 1.165) is 32.4 Å². The number of nitrogens with two attached hydrogens (primary N) is 1. The number of carbonyl (C=O) groups excluding carboxylic acids is 1. The Balaban J connectivity index is 2.62. The summed E-state index contributed by atoms with van der Waals surface area (Å²) >= 11 is 0. The highest BCUT2D eigenvalue weighted by Crippen LogP contribution is 2.19. The fraction of sp³-hybridized carbons (Fsp3) is 0.929. The molecule has 0 bridgehead atoms. The molecule has 0 aromatic carbocycles. The Morgan fingerprint density at radius 1 is 1.37 bits per heavy atom. The summed E-state index contributed by atoms with van der Waals surface area (Å²) < 4.78 is 5.51. The zero-order valence-corrected chi connectivity index (χ0v) is 12.8. The summed E-state index contributed by atoms with van der Waals surface area (Å²) in [5, 5.41) is 0. The van der Waals surface area contributed by atoms with Gasteiger partial charge in [0.2, 0.25) is 0 Å². The van der Waals surface area contributed by atoms with Crippen LogP contribution in [0.2, 0.25) is 0 Å². The average molecular weight is 271 g/mol. The number of hydrogen-bond acceptors (Lipinski definition) is 4. The van der Waals surface area contributed by atoms with E-state index < -0.39 is 5.60 Å². The molecule has 5 nitrogen and oxygen atoms in total. The molecule has 1 rings (SSSR count). The number of likely N-dealkylation sites (tertiary alicyclic amines) is 1. The van der Waals surface area contributed by atoms with Crippen molar-refractivity contribution in [3.8, 4) is 0 Å². The van der Waals surface area contributed by atoms with Gasteiger partial charge in [-0.25, -0.2) is 4.79 Å². The normalized spacial score (nSPS) is 18.4. The maximum absolute atomic E-state index is 12.3. The van der Waals surface area contributed by atoms with E-state index >= 15 is 0 Å². The van der Waals surface area contributed by atoms with Gasteiger partial charge < -0.3 is 20.3 Å². The molecule has 0 aromatic heterocycles. The second-order valence-corrected chi connectivity index (χ2v) is 6.35. The molecule has 0 atom stereocenters. The zero-order chi connectivity index (χ0) is 14.5. The monoisotopic (exact) mass is 271 g/mol. The zero-order valence-electron chi connectivity index (χ0n) is 12.8. The molecule has 0 radical (unpaired) electrons. The number of hydrogen-bond donors (Lipinski definition) is 1. The number of amides is 1. The van der Waals surface area contributed by atoms with E-state index in [1.807, 2.05) is 25.7 Å². The molecule has 1 heterocycles. The summed E-state index contributed by atoms with van der Waals surface area (Å²) in [6, 6.07) is 0.289. The molecule has 19 heavy (non-hydrogen) atoms. The summed E-state index contributed by atoms with van der Waals surface area (Å²) in [6.07, 6.45) is 2.65. The lowest BCUT2D eigenvalue weighted by molar-refractivity contribution is 0.00913. The molecule has 0 saturated carbocycles. The molecule has 5 heteroatoms. The molecule has 0 unspecified atom stereocenters. The minimum Gasteiger partial charge on any atom is -0.444 e. The summed E-state index contributed by atoms with van der Waals surface area (Å²) in [5.74, 6) is 0. The molecule has 0 aliphatic carbocycles. The van der Waals surface area contributed by atoms with Gasteiger partial charge in [0.1, 0.15) is 5.60 Å². The molecule has 112 valence electrons. The van der Waals surface area contributed by atoms with Gasteiger partial charge in [0.05, 0.1) is 0 Å². The van der Waals surface area contributed by atoms with E-state index in [4.69, 9.17) is 10.5 Å². The van der Waals surface area contributed by atoms with Crippen LogP contribution in [0.3, 0.4) is 0 Å². The molecule has 1 aliphatic rings. The molecule has 1 aliphatic heterocycles. The predicted octanol–water partition coefficient (Wildman–Crippen LogP) is 1.67. The smallest absolute Gasteiger partial charge is 0.410 e. The SMILES string of the molecule is CN1CCC(N(CCCN)C(=O)OC(C)(C)C)CC1. The van der Waals surface area contributed by atoms with Crippen molar-refractivity contribution in [2.24, 2.45) is 5.73 Å². The van der Waals surface area contributed by atoms with Crippen LogP contribution in [0.5, 0.6) is 0 Å². The van der Waals surface area contributed by atoms with Crippen LogP contribution in [0.1, 0.15) is 40.0 Å². The highest BCUT2D eigenvalue weighted by molar-refractivity contribution is 5.68. The number of nitrogens with zero attached hydrogens (tertiary/aromatic N) is 2. The van der Waals surface area contributed by atoms with Gasteiger partial charge in [-0.1, -0.05) is 0 Å². The standard InChI is InChI=1S/C14H29N3O2/c1-14(2,3)19-13(18)17(9-5-8-15)12-6-10-16(4)11-7-12/h12H,5-11,15H2,1-4H3. The molecule has 0 spiro atoms. The first-order valence-electron chi connectivity index (χ1n) is 7.21. The first-order chi connectivity index (χ1) is 8.83. The van der Waals surface area contributed by atoms with Gasteiger partial charge in [0.25, 0.3) is 0 Å². The largest absolute Gasteiger partial charge is 0.444 e. The Kier molecular flexibility index (Phi) is 6.07. The second-order valence-electron chi connectivity index (χ2n) is 6.35. The van der Waals surface area contributed by atoms with Gasteiger partial charge >= 0.3 is 6.09 Å². The van der Waals surface area contributed by atoms with Crippen LogP contribution in [0.4, 0.5) is 4.79 Å². The van der Waals surface area contributed by atoms with Gasteiger partial charge in [-0.2, -0.15) is 0 Å². The summed E-state index contributed by atoms with van der Waals surface area (Å²) in [7, 11) is 2.12. The number of carbonyl (C=O) groups is 1. The Morgan fingerprint density at radius 2 is 1.95 bits per heavy atom. The van der Waals surface area contributed by atoms with E-state index in [0.29, 0.717) is 13.1 Å². The summed E-state index contributed by atoms with van der Waals surface area (Å²) in [4.78, 5) is 16.5. The second kappa shape index (κ2) is 7.10. The highest BCUT2D eigenvalue weighted by atomic mass is 16.6. The average Bonchev–Trinajstić information content (AvgIpc) is 2.29. The van der Waals surface area contributed by atoms with Crippen LogP contribution in [0, 0.1) is 0 Å². The number of rotatable bonds is 4. The lowest BCUT2D eigenvalue weighted by Gasteiger charge is -2.38. The molecule has 2 N–H and O–H groups in total. The number of piperidine rings is 1. The van der Waals surface area contributed by atoms with E-state index in [-0.39, 0.29) is 12.1 Å². The highest BCUT2D eigenvalue weighted by Gasteiger charge is 2.29. The predicted molar refractivity (Wildman–Crippen MR) is 77.1 cm³/mol. The molecular weight excluding hydrogens is 242 g/mol. The molecular formula is C14H29N3O2. The Bertz CT molecular complexity index is 281. The fourth-order valence-corrected chi connectivity index (χ4v) is 2.31. The summed E-state index contributed by atoms with van der Waals surface area (Å²) in [6.45, 7) is 9.08. The van der Waals surface area contributed by atoms with Crippen molar-refractivity contribution in [2.75, 3.05) is 33.2 Å². The quantitative estimate of drug-likeness (QED) is 0.845. The number of ether oxygens (including phenoxy) is 1. The first kappa shape index (κ1) is 16.2. The molecule has 1 saturated heterocycles. The fourth-order valence-electron chi connectivity index (χ4n) is 2.31. The van der Waals surface area contributed by atoms with Crippen LogP contribution in [0.25, 0.3) is 0 Å². The molecule has 1 amide bonds. The van der Waals surface area contributed by atoms with Crippen molar-refractivity contribution in [2.45, 2.75) is 51.7 Å². The minimum atomic E-state index is -0.441. The van der Waals surface area contributed by atoms with Gasteiger partial charge in [-0.15, -0.1) is 0 Å². The van der Waals surface area contributed by atoms with Gasteiger partial charge in [-0.3, -0.25) is 0 Å². The Hall–Kier alpha value is -0.810. The van der Waals surface area contributed by atoms with E-state index in [9.17, 15) is 4.79 Å². The van der Waals surface area contributed by atoms with Gasteiger partial charge in [0, 0.05) is 12.6 Å². The van der Waals surface area contributed by atoms with Gasteiger partial charge in [-0.05, 0) is 66.7 Å². The molecule has 0 aromatic rings. The molecule has 1 fully saturated rings. The van der Waals surface area contributed by atoms with E-state index in [2.05, 4.69) is 11.9 Å². The van der Waals surface area contributed by atoms with Gasteiger partial charge in [0.15, 0.2) is 0 Å². The summed E-state index contributed by atoms with van der Waals surface area (Å²) in [5.41, 5.74) is 5.13. The lowest BCUT2D eigenvalue weighted by atomic mass is 10.0. The third-order valence-electron chi connectivity index (χ3n) is 3.36. The van der Waals surface area contributed by atoms with Crippen LogP contribution in [-0.2, 0) is 4.74 Å². The topological polar surface area (TPSA) is 58.8 Å². The van der Waals surface area contributed by atoms with Crippen molar-refractivity contribution in [1.29, 1.82) is 0 Å². The third-order valence-corrected chi connectivity index (χ3v) is 3.36. The van der Waals surface area contributed by atoms with Crippen LogP contribution in [0.15, 0.2) is 0 Å². The third kappa shape index (κ3) is 5.78. The van der Waals surface area contributed by atoms with E-state index in [1.165, 1.54) is 0 Å². The maximum atomic E-state index is 12.3. The minimum absolute atomic E-state index is 0.199. The van der Waals surface area contributed by atoms with E-state index in [1.54, 1.807) is 0 Å². The van der Waals surface area contributed by atoms with Crippen molar-refractivity contribution in [3.63, 3.8) is 0 Å².